The van der Waals surface area contributed by atoms with Gasteiger partial charge in [0.05, 0.1) is 6.61 Å². The number of hydrogen-bond donors (Lipinski definition) is 2. The second-order valence-corrected chi connectivity index (χ2v) is 6.28. The number of hydrogen-bond acceptors (Lipinski definition) is 4. The van der Waals surface area contributed by atoms with Crippen LogP contribution in [-0.4, -0.2) is 37.0 Å². The van der Waals surface area contributed by atoms with E-state index in [-0.39, 0.29) is 23.8 Å². The zero-order valence-electron chi connectivity index (χ0n) is 15.1. The maximum atomic E-state index is 12.3. The van der Waals surface area contributed by atoms with Crippen LogP contribution in [0, 0.1) is 5.92 Å². The van der Waals surface area contributed by atoms with Gasteiger partial charge >= 0.3 is 5.97 Å². The fraction of sp³-hybridized carbons (Fsp3) is 0.450. The molecule has 2 N–H and O–H groups in total. The SMILES string of the molecule is CCOC(=O)C=CC(CC1CCNC1=O)NC(=O)CCc1ccccc1. The highest BCUT2D eigenvalue weighted by molar-refractivity contribution is 5.83. The van der Waals surface area contributed by atoms with Crippen LogP contribution >= 0.6 is 0 Å². The van der Waals surface area contributed by atoms with Crippen LogP contribution in [0.4, 0.5) is 0 Å². The van der Waals surface area contributed by atoms with Gasteiger partial charge in [0.15, 0.2) is 0 Å². The van der Waals surface area contributed by atoms with Crippen LogP contribution in [0.25, 0.3) is 0 Å². The third-order valence-electron chi connectivity index (χ3n) is 4.28. The molecule has 0 aromatic heterocycles. The molecule has 1 heterocycles. The summed E-state index contributed by atoms with van der Waals surface area (Å²) in [7, 11) is 0. The molecule has 6 heteroatoms. The van der Waals surface area contributed by atoms with Crippen LogP contribution in [0.1, 0.15) is 31.7 Å². The molecule has 0 radical (unpaired) electrons. The Morgan fingerprint density at radius 2 is 2.12 bits per heavy atom. The van der Waals surface area contributed by atoms with Gasteiger partial charge in [0.2, 0.25) is 11.8 Å². The van der Waals surface area contributed by atoms with E-state index in [2.05, 4.69) is 10.6 Å². The molecule has 140 valence electrons. The van der Waals surface area contributed by atoms with Crippen molar-refractivity contribution in [1.29, 1.82) is 0 Å². The van der Waals surface area contributed by atoms with Gasteiger partial charge in [-0.3, -0.25) is 9.59 Å². The lowest BCUT2D eigenvalue weighted by Crippen LogP contribution is -2.36. The molecule has 1 aromatic rings. The molecular formula is C20H26N2O4. The lowest BCUT2D eigenvalue weighted by Gasteiger charge is -2.18. The number of nitrogens with one attached hydrogen (secondary N) is 2. The summed E-state index contributed by atoms with van der Waals surface area (Å²) in [6, 6.07) is 9.40. The van der Waals surface area contributed by atoms with Crippen LogP contribution in [-0.2, 0) is 25.5 Å². The van der Waals surface area contributed by atoms with E-state index >= 15 is 0 Å². The van der Waals surface area contributed by atoms with Gasteiger partial charge < -0.3 is 15.4 Å². The summed E-state index contributed by atoms with van der Waals surface area (Å²) in [5.74, 6) is -0.711. The monoisotopic (exact) mass is 358 g/mol. The lowest BCUT2D eigenvalue weighted by molar-refractivity contribution is -0.137. The van der Waals surface area contributed by atoms with Crippen molar-refractivity contribution in [3.05, 3.63) is 48.0 Å². The third kappa shape index (κ3) is 6.70. The Hall–Kier alpha value is -2.63. The van der Waals surface area contributed by atoms with E-state index < -0.39 is 5.97 Å². The molecule has 2 atom stereocenters. The van der Waals surface area contributed by atoms with Crippen molar-refractivity contribution in [2.45, 2.75) is 38.6 Å². The summed E-state index contributed by atoms with van der Waals surface area (Å²) in [6.45, 7) is 2.68. The van der Waals surface area contributed by atoms with Crippen LogP contribution in [0.15, 0.2) is 42.5 Å². The van der Waals surface area contributed by atoms with Crippen molar-refractivity contribution in [2.24, 2.45) is 5.92 Å². The highest BCUT2D eigenvalue weighted by atomic mass is 16.5. The van der Waals surface area contributed by atoms with E-state index in [9.17, 15) is 14.4 Å². The maximum absolute atomic E-state index is 12.3. The van der Waals surface area contributed by atoms with Gasteiger partial charge in [-0.15, -0.1) is 0 Å². The van der Waals surface area contributed by atoms with Gasteiger partial charge in [-0.25, -0.2) is 4.79 Å². The Labute approximate surface area is 154 Å². The van der Waals surface area contributed by atoms with Crippen molar-refractivity contribution in [3.63, 3.8) is 0 Å². The van der Waals surface area contributed by atoms with Crippen molar-refractivity contribution >= 4 is 17.8 Å². The summed E-state index contributed by atoms with van der Waals surface area (Å²) in [5, 5.41) is 5.71. The molecule has 0 aliphatic carbocycles. The lowest BCUT2D eigenvalue weighted by atomic mass is 9.97. The first kappa shape index (κ1) is 19.7. The van der Waals surface area contributed by atoms with Gasteiger partial charge in [-0.05, 0) is 31.7 Å². The number of carbonyl (C=O) groups excluding carboxylic acids is 3. The van der Waals surface area contributed by atoms with Gasteiger partial charge in [-0.1, -0.05) is 36.4 Å². The molecule has 1 aromatic carbocycles. The van der Waals surface area contributed by atoms with Crippen molar-refractivity contribution in [2.75, 3.05) is 13.2 Å². The van der Waals surface area contributed by atoms with E-state index in [1.54, 1.807) is 13.0 Å². The first-order valence-corrected chi connectivity index (χ1v) is 9.04. The van der Waals surface area contributed by atoms with Gasteiger partial charge in [0, 0.05) is 31.0 Å². The van der Waals surface area contributed by atoms with E-state index in [4.69, 9.17) is 4.74 Å². The Balaban J connectivity index is 1.91. The van der Waals surface area contributed by atoms with Crippen molar-refractivity contribution < 1.29 is 19.1 Å². The maximum Gasteiger partial charge on any atom is 0.330 e. The average Bonchev–Trinajstić information content (AvgIpc) is 3.04. The Morgan fingerprint density at radius 1 is 1.35 bits per heavy atom. The molecule has 1 aliphatic rings. The predicted molar refractivity (Wildman–Crippen MR) is 98.2 cm³/mol. The Morgan fingerprint density at radius 3 is 2.77 bits per heavy atom. The number of benzene rings is 1. The van der Waals surface area contributed by atoms with Gasteiger partial charge in [0.1, 0.15) is 0 Å². The summed E-state index contributed by atoms with van der Waals surface area (Å²) >= 11 is 0. The minimum atomic E-state index is -0.452. The van der Waals surface area contributed by atoms with Crippen LogP contribution in [0.3, 0.4) is 0 Å². The van der Waals surface area contributed by atoms with Gasteiger partial charge in [0.25, 0.3) is 0 Å². The summed E-state index contributed by atoms with van der Waals surface area (Å²) in [5.41, 5.74) is 1.09. The highest BCUT2D eigenvalue weighted by Crippen LogP contribution is 2.17. The van der Waals surface area contributed by atoms with E-state index in [1.807, 2.05) is 30.3 Å². The van der Waals surface area contributed by atoms with E-state index in [1.165, 1.54) is 6.08 Å². The smallest absolute Gasteiger partial charge is 0.330 e. The molecule has 1 aliphatic heterocycles. The highest BCUT2D eigenvalue weighted by Gasteiger charge is 2.27. The molecule has 1 saturated heterocycles. The number of amides is 2. The van der Waals surface area contributed by atoms with E-state index in [0.29, 0.717) is 32.4 Å². The summed E-state index contributed by atoms with van der Waals surface area (Å²) in [4.78, 5) is 35.6. The summed E-state index contributed by atoms with van der Waals surface area (Å²) < 4.78 is 4.88. The Bertz CT molecular complexity index is 642. The minimum absolute atomic E-state index is 0.00179. The first-order valence-electron chi connectivity index (χ1n) is 9.04. The number of carbonyl (C=O) groups is 3. The standard InChI is InChI=1S/C20H26N2O4/c1-2-26-19(24)11-9-17(14-16-12-13-21-20(16)25)22-18(23)10-8-15-6-4-3-5-7-15/h3-7,9,11,16-17H,2,8,10,12-14H2,1H3,(H,21,25)(H,22,23). The molecule has 0 bridgehead atoms. The molecule has 0 saturated carbocycles. The van der Waals surface area contributed by atoms with Crippen molar-refractivity contribution in [1.82, 2.24) is 10.6 Å². The average molecular weight is 358 g/mol. The molecule has 6 nitrogen and oxygen atoms in total. The normalized spacial score (nSPS) is 17.7. The largest absolute Gasteiger partial charge is 0.463 e. The predicted octanol–water partition coefficient (Wildman–Crippen LogP) is 1.75. The topological polar surface area (TPSA) is 84.5 Å². The Kier molecular flexibility index (Phi) is 7.86. The third-order valence-corrected chi connectivity index (χ3v) is 4.28. The molecule has 0 spiro atoms. The van der Waals surface area contributed by atoms with Crippen LogP contribution < -0.4 is 10.6 Å². The fourth-order valence-corrected chi connectivity index (χ4v) is 2.93. The fourth-order valence-electron chi connectivity index (χ4n) is 2.93. The molecule has 2 unspecified atom stereocenters. The first-order chi connectivity index (χ1) is 12.6. The van der Waals surface area contributed by atoms with Crippen LogP contribution in [0.2, 0.25) is 0 Å². The summed E-state index contributed by atoms with van der Waals surface area (Å²) in [6.07, 6.45) is 5.14. The minimum Gasteiger partial charge on any atom is -0.463 e. The van der Waals surface area contributed by atoms with E-state index in [0.717, 1.165) is 12.0 Å². The van der Waals surface area contributed by atoms with Crippen molar-refractivity contribution in [3.8, 4) is 0 Å². The number of aryl methyl sites for hydroxylation is 1. The molecule has 2 amide bonds. The second-order valence-electron chi connectivity index (χ2n) is 6.28. The number of rotatable bonds is 9. The zero-order chi connectivity index (χ0) is 18.8. The van der Waals surface area contributed by atoms with Gasteiger partial charge in [-0.2, -0.15) is 0 Å². The zero-order valence-corrected chi connectivity index (χ0v) is 15.1. The molecular weight excluding hydrogens is 332 g/mol. The van der Waals surface area contributed by atoms with Crippen LogP contribution in [0.5, 0.6) is 0 Å². The number of esters is 1. The molecule has 26 heavy (non-hydrogen) atoms. The quantitative estimate of drug-likeness (QED) is 0.520. The number of ether oxygens (including phenoxy) is 1. The molecule has 1 fully saturated rings. The second kappa shape index (κ2) is 10.4. The molecule has 2 rings (SSSR count).